The van der Waals surface area contributed by atoms with Gasteiger partial charge in [-0.1, -0.05) is 0 Å². The Hall–Kier alpha value is -0.0331. The van der Waals surface area contributed by atoms with E-state index in [2.05, 4.69) is 14.1 Å². The van der Waals surface area contributed by atoms with Gasteiger partial charge in [0.2, 0.25) is 0 Å². The van der Waals surface area contributed by atoms with E-state index in [1.54, 1.807) is 21.3 Å². The molecule has 0 aliphatic heterocycles. The SMILES string of the molecule is CO[Si](CCC[N+](C)(C)CCCCS(=O)(=O)[O-])(OC)OC. The van der Waals surface area contributed by atoms with Crippen molar-refractivity contribution in [1.82, 2.24) is 0 Å². The van der Waals surface area contributed by atoms with Crippen molar-refractivity contribution in [3.8, 4) is 0 Å². The molecule has 0 atom stereocenters. The smallest absolute Gasteiger partial charge is 0.500 e. The molecular formula is C12H29NO6SSi. The summed E-state index contributed by atoms with van der Waals surface area (Å²) in [5.74, 6) is -0.278. The Morgan fingerprint density at radius 3 is 1.86 bits per heavy atom. The molecule has 0 aliphatic carbocycles. The van der Waals surface area contributed by atoms with E-state index >= 15 is 0 Å². The second-order valence-electron chi connectivity index (χ2n) is 5.75. The van der Waals surface area contributed by atoms with Gasteiger partial charge in [-0.25, -0.2) is 8.42 Å². The van der Waals surface area contributed by atoms with Gasteiger partial charge in [-0.3, -0.25) is 0 Å². The van der Waals surface area contributed by atoms with Crippen LogP contribution in [0.25, 0.3) is 0 Å². The second kappa shape index (κ2) is 9.18. The highest BCUT2D eigenvalue weighted by molar-refractivity contribution is 7.85. The maximum absolute atomic E-state index is 10.5. The molecule has 0 radical (unpaired) electrons. The van der Waals surface area contributed by atoms with Gasteiger partial charge in [-0.05, 0) is 12.8 Å². The van der Waals surface area contributed by atoms with Crippen molar-refractivity contribution in [3.63, 3.8) is 0 Å². The Bertz CT molecular complexity index is 375. The Kier molecular flexibility index (Phi) is 9.17. The highest BCUT2D eigenvalue weighted by Gasteiger charge is 2.37. The molecule has 0 N–H and O–H groups in total. The first-order chi connectivity index (χ1) is 9.60. The third-order valence-corrected chi connectivity index (χ3v) is 7.21. The fraction of sp³-hybridized carbons (Fsp3) is 1.00. The lowest BCUT2D eigenvalue weighted by molar-refractivity contribution is -0.890. The highest BCUT2D eigenvalue weighted by atomic mass is 32.2. The van der Waals surface area contributed by atoms with Crippen molar-refractivity contribution >= 4 is 18.9 Å². The topological polar surface area (TPSA) is 84.9 Å². The van der Waals surface area contributed by atoms with Crippen LogP contribution in [0.2, 0.25) is 6.04 Å². The fourth-order valence-corrected chi connectivity index (χ4v) is 4.47. The normalized spacial score (nSPS) is 13.6. The lowest BCUT2D eigenvalue weighted by Gasteiger charge is -2.31. The van der Waals surface area contributed by atoms with Crippen LogP contribution in [0.1, 0.15) is 19.3 Å². The molecule has 0 aromatic rings. The summed E-state index contributed by atoms with van der Waals surface area (Å²) in [4.78, 5) is 0. The molecule has 0 aromatic heterocycles. The first-order valence-electron chi connectivity index (χ1n) is 7.01. The van der Waals surface area contributed by atoms with Crippen molar-refractivity contribution in [2.45, 2.75) is 25.3 Å². The monoisotopic (exact) mass is 343 g/mol. The third kappa shape index (κ3) is 9.56. The Morgan fingerprint density at radius 2 is 1.43 bits per heavy atom. The van der Waals surface area contributed by atoms with Gasteiger partial charge < -0.3 is 22.3 Å². The van der Waals surface area contributed by atoms with Crippen LogP contribution in [0, 0.1) is 0 Å². The molecule has 0 bridgehead atoms. The Labute approximate surface area is 129 Å². The summed E-state index contributed by atoms with van der Waals surface area (Å²) in [5.41, 5.74) is 0. The van der Waals surface area contributed by atoms with Crippen molar-refractivity contribution in [3.05, 3.63) is 0 Å². The largest absolute Gasteiger partial charge is 0.748 e. The molecule has 0 unspecified atom stereocenters. The molecular weight excluding hydrogens is 314 g/mol. The zero-order valence-corrected chi connectivity index (χ0v) is 15.6. The average Bonchev–Trinajstić information content (AvgIpc) is 2.39. The lowest BCUT2D eigenvalue weighted by Crippen LogP contribution is -2.45. The highest BCUT2D eigenvalue weighted by Crippen LogP contribution is 2.16. The average molecular weight is 344 g/mol. The Balaban J connectivity index is 4.07. The number of quaternary nitrogens is 1. The summed E-state index contributed by atoms with van der Waals surface area (Å²) in [6.07, 6.45) is 2.03. The van der Waals surface area contributed by atoms with E-state index < -0.39 is 18.9 Å². The summed E-state index contributed by atoms with van der Waals surface area (Å²) < 4.78 is 48.5. The summed E-state index contributed by atoms with van der Waals surface area (Å²) >= 11 is 0. The van der Waals surface area contributed by atoms with Gasteiger partial charge in [0.25, 0.3) is 0 Å². The van der Waals surface area contributed by atoms with Gasteiger partial charge in [0, 0.05) is 39.5 Å². The first kappa shape index (κ1) is 21.0. The van der Waals surface area contributed by atoms with Gasteiger partial charge in [0.05, 0.1) is 37.3 Å². The van der Waals surface area contributed by atoms with Crippen LogP contribution in [0.5, 0.6) is 0 Å². The molecule has 0 amide bonds. The van der Waals surface area contributed by atoms with Crippen LogP contribution < -0.4 is 0 Å². The van der Waals surface area contributed by atoms with Gasteiger partial charge in [0.15, 0.2) is 0 Å². The molecule has 0 aliphatic rings. The molecule has 0 fully saturated rings. The van der Waals surface area contributed by atoms with Gasteiger partial charge in [-0.2, -0.15) is 0 Å². The molecule has 0 rings (SSSR count). The Morgan fingerprint density at radius 1 is 0.952 bits per heavy atom. The van der Waals surface area contributed by atoms with E-state index in [1.807, 2.05) is 0 Å². The molecule has 0 spiro atoms. The molecule has 21 heavy (non-hydrogen) atoms. The number of rotatable bonds is 12. The van der Waals surface area contributed by atoms with Gasteiger partial charge in [-0.15, -0.1) is 0 Å². The van der Waals surface area contributed by atoms with Crippen molar-refractivity contribution < 1.29 is 30.7 Å². The van der Waals surface area contributed by atoms with E-state index in [-0.39, 0.29) is 5.75 Å². The van der Waals surface area contributed by atoms with E-state index in [0.29, 0.717) is 6.42 Å². The fourth-order valence-electron chi connectivity index (χ4n) is 2.21. The van der Waals surface area contributed by atoms with E-state index in [4.69, 9.17) is 13.3 Å². The van der Waals surface area contributed by atoms with E-state index in [0.717, 1.165) is 36.5 Å². The molecule has 0 saturated heterocycles. The quantitative estimate of drug-likeness (QED) is 0.224. The van der Waals surface area contributed by atoms with Crippen LogP contribution in [0.3, 0.4) is 0 Å². The lowest BCUT2D eigenvalue weighted by atomic mass is 10.3. The van der Waals surface area contributed by atoms with Gasteiger partial charge in [0.1, 0.15) is 0 Å². The first-order valence-corrected chi connectivity index (χ1v) is 10.5. The molecule has 128 valence electrons. The van der Waals surface area contributed by atoms with E-state index in [1.165, 1.54) is 0 Å². The third-order valence-electron chi connectivity index (χ3n) is 3.59. The molecule has 0 saturated carbocycles. The minimum Gasteiger partial charge on any atom is -0.748 e. The van der Waals surface area contributed by atoms with Crippen LogP contribution in [0.4, 0.5) is 0 Å². The zero-order valence-electron chi connectivity index (χ0n) is 13.8. The van der Waals surface area contributed by atoms with Crippen LogP contribution in [0.15, 0.2) is 0 Å². The standard InChI is InChI=1S/C12H29NO6SSi/c1-13(2,9-6-7-11-20(14,15)16)10-8-12-21(17-3,18-4)19-5/h6-12H2,1-5H3. The van der Waals surface area contributed by atoms with Crippen LogP contribution in [-0.2, 0) is 23.4 Å². The zero-order chi connectivity index (χ0) is 16.6. The number of unbranched alkanes of at least 4 members (excludes halogenated alkanes) is 1. The van der Waals surface area contributed by atoms with Gasteiger partial charge >= 0.3 is 8.80 Å². The van der Waals surface area contributed by atoms with Crippen LogP contribution in [-0.4, -0.2) is 80.5 Å². The number of nitrogens with zero attached hydrogens (tertiary/aromatic N) is 1. The summed E-state index contributed by atoms with van der Waals surface area (Å²) in [5, 5.41) is 0. The van der Waals surface area contributed by atoms with E-state index in [9.17, 15) is 13.0 Å². The second-order valence-corrected chi connectivity index (χ2v) is 10.4. The summed E-state index contributed by atoms with van der Waals surface area (Å²) in [6.45, 7) is 1.74. The molecule has 9 heteroatoms. The maximum Gasteiger partial charge on any atom is 0.500 e. The van der Waals surface area contributed by atoms with Crippen molar-refractivity contribution in [1.29, 1.82) is 0 Å². The van der Waals surface area contributed by atoms with Crippen LogP contribution >= 0.6 is 0 Å². The molecule has 0 heterocycles. The predicted molar refractivity (Wildman–Crippen MR) is 81.8 cm³/mol. The minimum atomic E-state index is -4.09. The molecule has 7 nitrogen and oxygen atoms in total. The predicted octanol–water partition coefficient (Wildman–Crippen LogP) is 0.656. The minimum absolute atomic E-state index is 0.278. The maximum atomic E-state index is 10.5. The molecule has 0 aromatic carbocycles. The van der Waals surface area contributed by atoms with Crippen molar-refractivity contribution in [2.75, 3.05) is 54.3 Å². The number of hydrogen-bond acceptors (Lipinski definition) is 6. The number of hydrogen-bond donors (Lipinski definition) is 0. The summed E-state index contributed by atoms with van der Waals surface area (Å²) in [7, 11) is 2.37. The van der Waals surface area contributed by atoms with Crippen molar-refractivity contribution in [2.24, 2.45) is 0 Å². The summed E-state index contributed by atoms with van der Waals surface area (Å²) in [6, 6.07) is 0.743.